The summed E-state index contributed by atoms with van der Waals surface area (Å²) in [6.45, 7) is 7.10. The highest BCUT2D eigenvalue weighted by Crippen LogP contribution is 2.33. The third kappa shape index (κ3) is 5.66. The lowest BCUT2D eigenvalue weighted by atomic mass is 9.98. The summed E-state index contributed by atoms with van der Waals surface area (Å²) in [5.41, 5.74) is 0. The van der Waals surface area contributed by atoms with Crippen molar-refractivity contribution in [2.45, 2.75) is 64.1 Å². The zero-order valence-corrected chi connectivity index (χ0v) is 19.0. The third-order valence-corrected chi connectivity index (χ3v) is 7.11. The van der Waals surface area contributed by atoms with Gasteiger partial charge in [-0.15, -0.1) is 0 Å². The quantitative estimate of drug-likeness (QED) is 0.624. The molecule has 4 rings (SSSR count). The van der Waals surface area contributed by atoms with E-state index in [2.05, 4.69) is 14.8 Å². The molecule has 1 saturated carbocycles. The molecule has 0 aromatic carbocycles. The van der Waals surface area contributed by atoms with Gasteiger partial charge in [0.1, 0.15) is 12.4 Å². The van der Waals surface area contributed by atoms with E-state index in [1.54, 1.807) is 6.20 Å². The lowest BCUT2D eigenvalue weighted by molar-refractivity contribution is -0.135. The first kappa shape index (κ1) is 22.3. The molecule has 1 aromatic rings. The van der Waals surface area contributed by atoms with E-state index in [1.807, 2.05) is 29.6 Å². The maximum Gasteiger partial charge on any atom is 0.242 e. The monoisotopic (exact) mass is 431 g/mol. The molecule has 8 nitrogen and oxygen atoms in total. The normalized spacial score (nSPS) is 22.7. The largest absolute Gasteiger partial charge is 0.381 e. The van der Waals surface area contributed by atoms with Gasteiger partial charge in [-0.05, 0) is 45.4 Å². The van der Waals surface area contributed by atoms with E-state index in [0.29, 0.717) is 31.1 Å². The van der Waals surface area contributed by atoms with E-state index < -0.39 is 0 Å². The Bertz CT molecular complexity index is 756. The minimum absolute atomic E-state index is 0.0993. The number of amides is 2. The van der Waals surface area contributed by atoms with Crippen LogP contribution in [0.3, 0.4) is 0 Å². The van der Waals surface area contributed by atoms with Crippen LogP contribution in [0.25, 0.3) is 0 Å². The van der Waals surface area contributed by atoms with Crippen LogP contribution in [-0.4, -0.2) is 94.6 Å². The summed E-state index contributed by atoms with van der Waals surface area (Å²) in [6.07, 6.45) is 9.95. The first-order valence-corrected chi connectivity index (χ1v) is 11.9. The van der Waals surface area contributed by atoms with Gasteiger partial charge in [0.05, 0.1) is 0 Å². The number of hydrogen-bond donors (Lipinski definition) is 0. The first-order valence-electron chi connectivity index (χ1n) is 11.9. The van der Waals surface area contributed by atoms with Gasteiger partial charge in [-0.1, -0.05) is 0 Å². The SMILES string of the molecule is Cc1nccn1CC(=O)N(C)CCN(C1CCOCC1)C1CCCN(C(=O)C2CC2)C1. The van der Waals surface area contributed by atoms with E-state index in [0.717, 1.165) is 77.2 Å². The van der Waals surface area contributed by atoms with Gasteiger partial charge in [-0.25, -0.2) is 4.98 Å². The van der Waals surface area contributed by atoms with Gasteiger partial charge in [-0.2, -0.15) is 0 Å². The summed E-state index contributed by atoms with van der Waals surface area (Å²) in [5.74, 6) is 1.60. The highest BCUT2D eigenvalue weighted by molar-refractivity contribution is 5.81. The number of hydrogen-bond acceptors (Lipinski definition) is 5. The average Bonchev–Trinajstić information content (AvgIpc) is 3.57. The highest BCUT2D eigenvalue weighted by atomic mass is 16.5. The Labute approximate surface area is 185 Å². The van der Waals surface area contributed by atoms with Crippen molar-refractivity contribution in [2.24, 2.45) is 5.92 Å². The van der Waals surface area contributed by atoms with Gasteiger partial charge in [0, 0.05) is 76.8 Å². The molecule has 3 aliphatic rings. The summed E-state index contributed by atoms with van der Waals surface area (Å²) in [7, 11) is 1.89. The number of aryl methyl sites for hydroxylation is 1. The Hall–Kier alpha value is -1.93. The number of likely N-dealkylation sites (tertiary alicyclic amines) is 1. The Morgan fingerprint density at radius 2 is 1.90 bits per heavy atom. The Morgan fingerprint density at radius 1 is 1.13 bits per heavy atom. The van der Waals surface area contributed by atoms with Crippen molar-refractivity contribution in [3.8, 4) is 0 Å². The second kappa shape index (κ2) is 10.1. The maximum atomic E-state index is 12.7. The molecule has 3 fully saturated rings. The van der Waals surface area contributed by atoms with E-state index in [4.69, 9.17) is 4.74 Å². The lowest BCUT2D eigenvalue weighted by Gasteiger charge is -2.44. The van der Waals surface area contributed by atoms with Crippen molar-refractivity contribution in [1.29, 1.82) is 0 Å². The summed E-state index contributed by atoms with van der Waals surface area (Å²) < 4.78 is 7.49. The summed E-state index contributed by atoms with van der Waals surface area (Å²) >= 11 is 0. The molecule has 0 N–H and O–H groups in total. The van der Waals surface area contributed by atoms with Crippen LogP contribution in [0.4, 0.5) is 0 Å². The number of aromatic nitrogens is 2. The number of piperidine rings is 1. The maximum absolute atomic E-state index is 12.7. The lowest BCUT2D eigenvalue weighted by Crippen LogP contribution is -2.55. The Kier molecular flexibility index (Phi) is 7.27. The minimum Gasteiger partial charge on any atom is -0.381 e. The summed E-state index contributed by atoms with van der Waals surface area (Å²) in [4.78, 5) is 36.1. The Balaban J connectivity index is 1.37. The fourth-order valence-corrected chi connectivity index (χ4v) is 4.92. The summed E-state index contributed by atoms with van der Waals surface area (Å²) in [6, 6.07) is 0.841. The zero-order valence-electron chi connectivity index (χ0n) is 19.0. The van der Waals surface area contributed by atoms with Crippen LogP contribution < -0.4 is 0 Å². The molecule has 1 aromatic heterocycles. The molecule has 0 radical (unpaired) electrons. The number of carbonyl (C=O) groups is 2. The fourth-order valence-electron chi connectivity index (χ4n) is 4.92. The molecule has 2 aliphatic heterocycles. The highest BCUT2D eigenvalue weighted by Gasteiger charge is 2.38. The van der Waals surface area contributed by atoms with Crippen molar-refractivity contribution in [1.82, 2.24) is 24.3 Å². The van der Waals surface area contributed by atoms with Gasteiger partial charge in [0.2, 0.25) is 11.8 Å². The predicted molar refractivity (Wildman–Crippen MR) is 117 cm³/mol. The molecule has 1 unspecified atom stereocenters. The number of carbonyl (C=O) groups excluding carboxylic acids is 2. The number of rotatable bonds is 8. The fraction of sp³-hybridized carbons (Fsp3) is 0.783. The summed E-state index contributed by atoms with van der Waals surface area (Å²) in [5, 5.41) is 0. The van der Waals surface area contributed by atoms with Crippen molar-refractivity contribution in [2.75, 3.05) is 46.4 Å². The molecule has 8 heteroatoms. The van der Waals surface area contributed by atoms with E-state index in [-0.39, 0.29) is 11.8 Å². The van der Waals surface area contributed by atoms with E-state index in [1.165, 1.54) is 0 Å². The standard InChI is InChI=1S/C23H37N5O3/c1-18-24-9-11-26(18)17-22(29)25(2)12-13-28(20-7-14-31-15-8-20)21-4-3-10-27(16-21)23(30)19-5-6-19/h9,11,19-21H,3-8,10,12-17H2,1-2H3. The number of likely N-dealkylation sites (N-methyl/N-ethyl adjacent to an activating group) is 1. The molecule has 2 amide bonds. The van der Waals surface area contributed by atoms with Crippen LogP contribution in [0.1, 0.15) is 44.3 Å². The van der Waals surface area contributed by atoms with Crippen LogP contribution in [0.15, 0.2) is 12.4 Å². The zero-order chi connectivity index (χ0) is 21.8. The van der Waals surface area contributed by atoms with Gasteiger partial charge >= 0.3 is 0 Å². The predicted octanol–water partition coefficient (Wildman–Crippen LogP) is 1.53. The number of ether oxygens (including phenoxy) is 1. The number of imidazole rings is 1. The molecule has 3 heterocycles. The van der Waals surface area contributed by atoms with Gasteiger partial charge in [0.25, 0.3) is 0 Å². The van der Waals surface area contributed by atoms with Crippen LogP contribution in [-0.2, 0) is 20.9 Å². The van der Waals surface area contributed by atoms with E-state index >= 15 is 0 Å². The molecular weight excluding hydrogens is 394 g/mol. The molecule has 0 bridgehead atoms. The van der Waals surface area contributed by atoms with Crippen LogP contribution in [0.5, 0.6) is 0 Å². The van der Waals surface area contributed by atoms with Crippen molar-refractivity contribution < 1.29 is 14.3 Å². The smallest absolute Gasteiger partial charge is 0.242 e. The Morgan fingerprint density at radius 3 is 2.58 bits per heavy atom. The topological polar surface area (TPSA) is 70.9 Å². The molecule has 0 spiro atoms. The second-order valence-corrected chi connectivity index (χ2v) is 9.35. The minimum atomic E-state index is 0.0993. The van der Waals surface area contributed by atoms with Crippen molar-refractivity contribution in [3.63, 3.8) is 0 Å². The molecular formula is C23H37N5O3. The molecule has 1 atom stereocenters. The number of nitrogens with zero attached hydrogens (tertiary/aromatic N) is 5. The van der Waals surface area contributed by atoms with Crippen molar-refractivity contribution >= 4 is 11.8 Å². The third-order valence-electron chi connectivity index (χ3n) is 7.11. The van der Waals surface area contributed by atoms with E-state index in [9.17, 15) is 9.59 Å². The molecule has 1 aliphatic carbocycles. The van der Waals surface area contributed by atoms with Crippen molar-refractivity contribution in [3.05, 3.63) is 18.2 Å². The van der Waals surface area contributed by atoms with Gasteiger partial charge < -0.3 is 19.1 Å². The van der Waals surface area contributed by atoms with Gasteiger partial charge in [0.15, 0.2) is 0 Å². The van der Waals surface area contributed by atoms with Gasteiger partial charge in [-0.3, -0.25) is 14.5 Å². The van der Waals surface area contributed by atoms with Crippen LogP contribution in [0, 0.1) is 12.8 Å². The second-order valence-electron chi connectivity index (χ2n) is 9.35. The van der Waals surface area contributed by atoms with Crippen LogP contribution >= 0.6 is 0 Å². The van der Waals surface area contributed by atoms with Crippen LogP contribution in [0.2, 0.25) is 0 Å². The molecule has 31 heavy (non-hydrogen) atoms. The first-order chi connectivity index (χ1) is 15.0. The average molecular weight is 432 g/mol. The molecule has 172 valence electrons. The molecule has 2 saturated heterocycles.